The van der Waals surface area contributed by atoms with E-state index < -0.39 is 39.5 Å². The first-order valence-corrected chi connectivity index (χ1v) is 10.2. The number of allylic oxidation sites excluding steroid dienone is 1. The molecule has 0 bridgehead atoms. The predicted octanol–water partition coefficient (Wildman–Crippen LogP) is 2.80. The quantitative estimate of drug-likeness (QED) is 0.744. The van der Waals surface area contributed by atoms with Gasteiger partial charge in [-0.05, 0) is 30.7 Å². The largest absolute Gasteiger partial charge is 0.416 e. The third-order valence-electron chi connectivity index (χ3n) is 4.31. The molecule has 2 aliphatic heterocycles. The molecule has 2 amide bonds. The second kappa shape index (κ2) is 6.55. The molecular formula is C16H15F3N2O4S2. The van der Waals surface area contributed by atoms with Crippen LogP contribution in [0, 0.1) is 5.92 Å². The molecule has 0 saturated heterocycles. The summed E-state index contributed by atoms with van der Waals surface area (Å²) in [6.45, 7) is 1.79. The van der Waals surface area contributed by atoms with Gasteiger partial charge in [0.2, 0.25) is 5.91 Å². The molecule has 1 N–H and O–H groups in total. The zero-order chi connectivity index (χ0) is 20.1. The first-order chi connectivity index (χ1) is 12.4. The Bertz CT molecular complexity index is 939. The number of sulfonamides is 1. The minimum Gasteiger partial charge on any atom is -0.325 e. The molecule has 0 radical (unpaired) electrons. The van der Waals surface area contributed by atoms with Gasteiger partial charge in [-0.2, -0.15) is 13.2 Å². The second-order valence-corrected chi connectivity index (χ2v) is 9.70. The van der Waals surface area contributed by atoms with Crippen molar-refractivity contribution < 1.29 is 31.2 Å². The summed E-state index contributed by atoms with van der Waals surface area (Å²) in [6.07, 6.45) is -4.29. The van der Waals surface area contributed by atoms with Gasteiger partial charge in [0.05, 0.1) is 10.5 Å². The molecule has 0 spiro atoms. The van der Waals surface area contributed by atoms with Gasteiger partial charge in [0.25, 0.3) is 15.9 Å². The third-order valence-corrected chi connectivity index (χ3v) is 7.65. The number of carbonyl (C=O) groups is 2. The highest BCUT2D eigenvalue weighted by molar-refractivity contribution is 8.05. The van der Waals surface area contributed by atoms with Gasteiger partial charge in [0, 0.05) is 22.9 Å². The van der Waals surface area contributed by atoms with Crippen LogP contribution in [0.4, 0.5) is 18.9 Å². The van der Waals surface area contributed by atoms with Crippen LogP contribution >= 0.6 is 11.8 Å². The average molecular weight is 420 g/mol. The van der Waals surface area contributed by atoms with Crippen molar-refractivity contribution in [1.29, 1.82) is 0 Å². The summed E-state index contributed by atoms with van der Waals surface area (Å²) in [4.78, 5) is 25.4. The van der Waals surface area contributed by atoms with Gasteiger partial charge in [-0.1, -0.05) is 6.92 Å². The van der Waals surface area contributed by atoms with Gasteiger partial charge in [-0.15, -0.1) is 11.8 Å². The van der Waals surface area contributed by atoms with E-state index in [1.54, 1.807) is 6.92 Å². The van der Waals surface area contributed by atoms with Crippen molar-refractivity contribution in [1.82, 2.24) is 4.31 Å². The highest BCUT2D eigenvalue weighted by Crippen LogP contribution is 2.48. The topological polar surface area (TPSA) is 83.6 Å². The summed E-state index contributed by atoms with van der Waals surface area (Å²) in [7, 11) is -2.85. The second-order valence-electron chi connectivity index (χ2n) is 6.23. The molecule has 2 atom stereocenters. The lowest BCUT2D eigenvalue weighted by atomic mass is 10.1. The van der Waals surface area contributed by atoms with Crippen LogP contribution in [0.2, 0.25) is 0 Å². The Labute approximate surface area is 157 Å². The van der Waals surface area contributed by atoms with Crippen molar-refractivity contribution >= 4 is 39.3 Å². The Kier molecular flexibility index (Phi) is 4.79. The van der Waals surface area contributed by atoms with E-state index in [-0.39, 0.29) is 27.2 Å². The number of anilines is 1. The molecule has 0 aliphatic carbocycles. The number of nitrogens with one attached hydrogen (secondary N) is 1. The van der Waals surface area contributed by atoms with Crippen molar-refractivity contribution in [2.75, 3.05) is 12.4 Å². The molecule has 2 heterocycles. The predicted molar refractivity (Wildman–Crippen MR) is 93.9 cm³/mol. The number of amides is 2. The fourth-order valence-electron chi connectivity index (χ4n) is 2.91. The lowest BCUT2D eigenvalue weighted by molar-refractivity contribution is -0.137. The molecule has 0 fully saturated rings. The van der Waals surface area contributed by atoms with Crippen molar-refractivity contribution in [3.05, 3.63) is 39.6 Å². The Morgan fingerprint density at radius 2 is 1.85 bits per heavy atom. The average Bonchev–Trinajstić information content (AvgIpc) is 2.95. The zero-order valence-corrected chi connectivity index (χ0v) is 15.8. The van der Waals surface area contributed by atoms with Crippen LogP contribution in [0.3, 0.4) is 0 Å². The summed E-state index contributed by atoms with van der Waals surface area (Å²) >= 11 is 1.15. The van der Waals surface area contributed by atoms with E-state index in [9.17, 15) is 31.2 Å². The molecule has 0 aromatic heterocycles. The third kappa shape index (κ3) is 3.45. The van der Waals surface area contributed by atoms with Crippen LogP contribution in [0.15, 0.2) is 34.1 Å². The van der Waals surface area contributed by atoms with Gasteiger partial charge in [0.15, 0.2) is 0 Å². The zero-order valence-electron chi connectivity index (χ0n) is 14.2. The van der Waals surface area contributed by atoms with E-state index >= 15 is 0 Å². The highest BCUT2D eigenvalue weighted by Gasteiger charge is 2.49. The first kappa shape index (κ1) is 19.7. The molecule has 3 rings (SSSR count). The number of thioether (sulfide) groups is 1. The molecule has 6 nitrogen and oxygen atoms in total. The van der Waals surface area contributed by atoms with Crippen molar-refractivity contribution in [3.63, 3.8) is 0 Å². The summed E-state index contributed by atoms with van der Waals surface area (Å²) in [5, 5.41) is 2.29. The van der Waals surface area contributed by atoms with E-state index in [1.165, 1.54) is 0 Å². The number of hydrogen-bond donors (Lipinski definition) is 1. The van der Waals surface area contributed by atoms with E-state index in [1.807, 2.05) is 0 Å². The van der Waals surface area contributed by atoms with Crippen molar-refractivity contribution in [2.45, 2.75) is 24.8 Å². The maximum absolute atomic E-state index is 12.6. The monoisotopic (exact) mass is 420 g/mol. The van der Waals surface area contributed by atoms with Gasteiger partial charge in [-0.25, -0.2) is 12.7 Å². The van der Waals surface area contributed by atoms with Gasteiger partial charge in [-0.3, -0.25) is 9.59 Å². The molecule has 2 aliphatic rings. The Morgan fingerprint density at radius 3 is 2.41 bits per heavy atom. The van der Waals surface area contributed by atoms with E-state index in [0.29, 0.717) is 4.31 Å². The molecule has 2 unspecified atom stereocenters. The summed E-state index contributed by atoms with van der Waals surface area (Å²) in [5.41, 5.74) is -0.791. The molecule has 27 heavy (non-hydrogen) atoms. The van der Waals surface area contributed by atoms with E-state index in [0.717, 1.165) is 43.1 Å². The van der Waals surface area contributed by atoms with Gasteiger partial charge in [0.1, 0.15) is 5.92 Å². The van der Waals surface area contributed by atoms with Crippen LogP contribution in [-0.4, -0.2) is 36.8 Å². The fraction of sp³-hybridized carbons (Fsp3) is 0.375. The SMILES string of the molecule is CC1CC2=C(S1)C(C(=O)Nc1ccc(C(F)(F)F)cc1)C(=O)N(C)S2(=O)=O. The van der Waals surface area contributed by atoms with Gasteiger partial charge < -0.3 is 5.32 Å². The van der Waals surface area contributed by atoms with Crippen LogP contribution in [0.5, 0.6) is 0 Å². The Balaban J connectivity index is 1.90. The van der Waals surface area contributed by atoms with Gasteiger partial charge >= 0.3 is 6.18 Å². The lowest BCUT2D eigenvalue weighted by Gasteiger charge is -2.29. The van der Waals surface area contributed by atoms with E-state index in [2.05, 4.69) is 5.32 Å². The maximum atomic E-state index is 12.6. The minimum atomic E-state index is -4.50. The van der Waals surface area contributed by atoms with Crippen molar-refractivity contribution in [2.24, 2.45) is 5.92 Å². The van der Waals surface area contributed by atoms with Crippen LogP contribution in [0.1, 0.15) is 18.9 Å². The summed E-state index contributed by atoms with van der Waals surface area (Å²) < 4.78 is 63.2. The highest BCUT2D eigenvalue weighted by atomic mass is 32.2. The molecule has 0 saturated carbocycles. The smallest absolute Gasteiger partial charge is 0.325 e. The normalized spacial score (nSPS) is 24.8. The number of carbonyl (C=O) groups excluding carboxylic acids is 2. The Morgan fingerprint density at radius 1 is 1.26 bits per heavy atom. The van der Waals surface area contributed by atoms with Crippen LogP contribution < -0.4 is 5.32 Å². The van der Waals surface area contributed by atoms with Crippen LogP contribution in [0.25, 0.3) is 0 Å². The summed E-state index contributed by atoms with van der Waals surface area (Å²) in [6, 6.07) is 3.78. The molecule has 11 heteroatoms. The lowest BCUT2D eigenvalue weighted by Crippen LogP contribution is -2.46. The number of rotatable bonds is 2. The Hall–Kier alpha value is -2.01. The standard InChI is InChI=1S/C16H15F3N2O4S2/c1-8-7-11-13(26-8)12(15(23)21(2)27(11,24)25)14(22)20-10-5-3-9(4-6-10)16(17,18)19/h3-6,8,12H,7H2,1-2H3,(H,20,22). The maximum Gasteiger partial charge on any atom is 0.416 e. The minimum absolute atomic E-state index is 0.0506. The summed E-state index contributed by atoms with van der Waals surface area (Å²) in [5.74, 6) is -3.01. The van der Waals surface area contributed by atoms with Crippen molar-refractivity contribution in [3.8, 4) is 0 Å². The fourth-order valence-corrected chi connectivity index (χ4v) is 6.23. The number of hydrogen-bond acceptors (Lipinski definition) is 5. The first-order valence-electron chi connectivity index (χ1n) is 7.83. The number of nitrogens with zero attached hydrogens (tertiary/aromatic N) is 1. The van der Waals surface area contributed by atoms with Crippen LogP contribution in [-0.2, 0) is 25.8 Å². The number of benzene rings is 1. The van der Waals surface area contributed by atoms with E-state index in [4.69, 9.17) is 0 Å². The molecule has 1 aromatic rings. The molecule has 1 aromatic carbocycles. The molecular weight excluding hydrogens is 405 g/mol. The molecule has 146 valence electrons. The number of halogens is 3. The number of alkyl halides is 3.